The van der Waals surface area contributed by atoms with E-state index in [2.05, 4.69) is 4.90 Å². The summed E-state index contributed by atoms with van der Waals surface area (Å²) < 4.78 is 5.26. The molecule has 0 amide bonds. The molecule has 1 aliphatic heterocycles. The molecule has 1 N–H and O–H groups in total. The molecule has 4 nitrogen and oxygen atoms in total. The molecular formula is C18H23NO3. The first-order valence-corrected chi connectivity index (χ1v) is 8.18. The van der Waals surface area contributed by atoms with Gasteiger partial charge in [0.2, 0.25) is 0 Å². The van der Waals surface area contributed by atoms with E-state index in [1.54, 1.807) is 12.1 Å². The Labute approximate surface area is 130 Å². The summed E-state index contributed by atoms with van der Waals surface area (Å²) in [5.74, 6) is 0.199. The molecule has 1 aromatic heterocycles. The first-order valence-electron chi connectivity index (χ1n) is 8.18. The summed E-state index contributed by atoms with van der Waals surface area (Å²) in [6, 6.07) is 5.13. The molecular weight excluding hydrogens is 278 g/mol. The van der Waals surface area contributed by atoms with Crippen molar-refractivity contribution in [3.05, 3.63) is 39.7 Å². The molecule has 22 heavy (non-hydrogen) atoms. The summed E-state index contributed by atoms with van der Waals surface area (Å²) in [5.41, 5.74) is 2.02. The van der Waals surface area contributed by atoms with Crippen LogP contribution >= 0.6 is 0 Å². The van der Waals surface area contributed by atoms with Crippen LogP contribution in [0.5, 0.6) is 5.75 Å². The Morgan fingerprint density at radius 3 is 2.50 bits per heavy atom. The van der Waals surface area contributed by atoms with Crippen molar-refractivity contribution in [2.45, 2.75) is 45.6 Å². The van der Waals surface area contributed by atoms with Gasteiger partial charge in [-0.1, -0.05) is 19.8 Å². The molecule has 1 aromatic carbocycles. The molecule has 1 aliphatic rings. The van der Waals surface area contributed by atoms with E-state index in [9.17, 15) is 9.90 Å². The van der Waals surface area contributed by atoms with Gasteiger partial charge in [-0.15, -0.1) is 0 Å². The van der Waals surface area contributed by atoms with Crippen molar-refractivity contribution in [1.82, 2.24) is 4.90 Å². The summed E-state index contributed by atoms with van der Waals surface area (Å²) in [7, 11) is 0. The molecule has 0 saturated carbocycles. The third kappa shape index (κ3) is 3.17. The second-order valence-electron chi connectivity index (χ2n) is 6.11. The van der Waals surface area contributed by atoms with Crippen molar-refractivity contribution in [2.75, 3.05) is 13.1 Å². The zero-order chi connectivity index (χ0) is 15.5. The van der Waals surface area contributed by atoms with Crippen molar-refractivity contribution in [1.29, 1.82) is 0 Å². The fraction of sp³-hybridized carbons (Fsp3) is 0.500. The SMILES string of the molecule is CCc1cc2c(CN3CCCCCC3)cc(=O)oc2cc1O. The minimum atomic E-state index is -0.346. The minimum absolute atomic E-state index is 0.199. The first kappa shape index (κ1) is 15.1. The number of fused-ring (bicyclic) bond motifs is 1. The van der Waals surface area contributed by atoms with Crippen LogP contribution in [0.3, 0.4) is 0 Å². The number of benzene rings is 1. The molecule has 0 bridgehead atoms. The lowest BCUT2D eigenvalue weighted by atomic mass is 10.0. The molecule has 0 aliphatic carbocycles. The van der Waals surface area contributed by atoms with E-state index in [0.717, 1.165) is 42.6 Å². The molecule has 1 saturated heterocycles. The van der Waals surface area contributed by atoms with Gasteiger partial charge in [-0.2, -0.15) is 0 Å². The summed E-state index contributed by atoms with van der Waals surface area (Å²) in [4.78, 5) is 14.2. The number of hydrogen-bond donors (Lipinski definition) is 1. The van der Waals surface area contributed by atoms with Gasteiger partial charge in [0, 0.05) is 24.1 Å². The normalized spacial score (nSPS) is 16.8. The van der Waals surface area contributed by atoms with Crippen molar-refractivity contribution in [2.24, 2.45) is 0 Å². The lowest BCUT2D eigenvalue weighted by molar-refractivity contribution is 0.277. The Morgan fingerprint density at radius 2 is 1.82 bits per heavy atom. The molecule has 0 atom stereocenters. The molecule has 2 aromatic rings. The number of aromatic hydroxyl groups is 1. The van der Waals surface area contributed by atoms with E-state index >= 15 is 0 Å². The number of rotatable bonds is 3. The average molecular weight is 301 g/mol. The highest BCUT2D eigenvalue weighted by molar-refractivity contribution is 5.82. The number of phenols is 1. The van der Waals surface area contributed by atoms with Crippen LogP contribution in [-0.4, -0.2) is 23.1 Å². The van der Waals surface area contributed by atoms with Crippen LogP contribution < -0.4 is 5.63 Å². The molecule has 4 heteroatoms. The van der Waals surface area contributed by atoms with Gasteiger partial charge in [0.1, 0.15) is 11.3 Å². The maximum Gasteiger partial charge on any atom is 0.336 e. The number of aryl methyl sites for hydroxylation is 1. The Morgan fingerprint density at radius 1 is 1.09 bits per heavy atom. The molecule has 2 heterocycles. The zero-order valence-corrected chi connectivity index (χ0v) is 13.1. The van der Waals surface area contributed by atoms with Crippen LogP contribution in [0.2, 0.25) is 0 Å². The highest BCUT2D eigenvalue weighted by atomic mass is 16.4. The van der Waals surface area contributed by atoms with Gasteiger partial charge in [-0.05, 0) is 49.5 Å². The van der Waals surface area contributed by atoms with Crippen LogP contribution in [0.4, 0.5) is 0 Å². The molecule has 0 unspecified atom stereocenters. The maximum absolute atomic E-state index is 11.8. The topological polar surface area (TPSA) is 53.7 Å². The van der Waals surface area contributed by atoms with E-state index in [4.69, 9.17) is 4.42 Å². The van der Waals surface area contributed by atoms with Gasteiger partial charge in [-0.25, -0.2) is 4.79 Å². The summed E-state index contributed by atoms with van der Waals surface area (Å²) in [6.07, 6.45) is 5.79. The molecule has 1 fully saturated rings. The number of hydrogen-bond acceptors (Lipinski definition) is 4. The zero-order valence-electron chi connectivity index (χ0n) is 13.1. The first-order chi connectivity index (χ1) is 10.7. The van der Waals surface area contributed by atoms with Gasteiger partial charge in [0.15, 0.2) is 0 Å². The molecule has 0 radical (unpaired) electrons. The Bertz CT molecular complexity index is 712. The smallest absolute Gasteiger partial charge is 0.336 e. The van der Waals surface area contributed by atoms with Crippen molar-refractivity contribution in [3.63, 3.8) is 0 Å². The third-order valence-electron chi connectivity index (χ3n) is 4.50. The van der Waals surface area contributed by atoms with E-state index < -0.39 is 0 Å². The van der Waals surface area contributed by atoms with Crippen LogP contribution in [0.25, 0.3) is 11.0 Å². The van der Waals surface area contributed by atoms with Crippen molar-refractivity contribution in [3.8, 4) is 5.75 Å². The predicted octanol–water partition coefficient (Wildman–Crippen LogP) is 3.44. The minimum Gasteiger partial charge on any atom is -0.508 e. The van der Waals surface area contributed by atoms with E-state index in [1.807, 2.05) is 13.0 Å². The molecule has 118 valence electrons. The lowest BCUT2D eigenvalue weighted by Gasteiger charge is -2.20. The van der Waals surface area contributed by atoms with E-state index in [-0.39, 0.29) is 11.4 Å². The van der Waals surface area contributed by atoms with Gasteiger partial charge in [0.05, 0.1) is 0 Å². The third-order valence-corrected chi connectivity index (χ3v) is 4.50. The second kappa shape index (κ2) is 6.53. The van der Waals surface area contributed by atoms with Crippen LogP contribution in [-0.2, 0) is 13.0 Å². The van der Waals surface area contributed by atoms with E-state index in [0.29, 0.717) is 5.58 Å². The molecule has 3 rings (SSSR count). The lowest BCUT2D eigenvalue weighted by Crippen LogP contribution is -2.24. The number of likely N-dealkylation sites (tertiary alicyclic amines) is 1. The Balaban J connectivity index is 2.01. The van der Waals surface area contributed by atoms with Crippen molar-refractivity contribution < 1.29 is 9.52 Å². The van der Waals surface area contributed by atoms with Gasteiger partial charge in [-0.3, -0.25) is 4.90 Å². The fourth-order valence-corrected chi connectivity index (χ4v) is 3.26. The monoisotopic (exact) mass is 301 g/mol. The fourth-order valence-electron chi connectivity index (χ4n) is 3.26. The van der Waals surface area contributed by atoms with Gasteiger partial charge < -0.3 is 9.52 Å². The van der Waals surface area contributed by atoms with Crippen LogP contribution in [0, 0.1) is 0 Å². The number of phenolic OH excluding ortho intramolecular Hbond substituents is 1. The Kier molecular flexibility index (Phi) is 4.48. The second-order valence-corrected chi connectivity index (χ2v) is 6.11. The average Bonchev–Trinajstić information content (AvgIpc) is 2.75. The summed E-state index contributed by atoms with van der Waals surface area (Å²) in [5, 5.41) is 10.9. The Hall–Kier alpha value is -1.81. The molecule has 0 spiro atoms. The maximum atomic E-state index is 11.8. The quantitative estimate of drug-likeness (QED) is 0.882. The van der Waals surface area contributed by atoms with Gasteiger partial charge >= 0.3 is 5.63 Å². The highest BCUT2D eigenvalue weighted by Crippen LogP contribution is 2.27. The largest absolute Gasteiger partial charge is 0.508 e. The summed E-state index contributed by atoms with van der Waals surface area (Å²) >= 11 is 0. The number of nitrogens with zero attached hydrogens (tertiary/aromatic N) is 1. The van der Waals surface area contributed by atoms with E-state index in [1.165, 1.54) is 25.7 Å². The van der Waals surface area contributed by atoms with Crippen LogP contribution in [0.15, 0.2) is 27.4 Å². The van der Waals surface area contributed by atoms with Crippen LogP contribution in [0.1, 0.15) is 43.7 Å². The standard InChI is InChI=1S/C18H23NO3/c1-2-13-9-15-14(12-19-7-5-3-4-6-8-19)10-18(21)22-17(15)11-16(13)20/h9-11,20H,2-8,12H2,1H3. The predicted molar refractivity (Wildman–Crippen MR) is 87.3 cm³/mol. The van der Waals surface area contributed by atoms with Gasteiger partial charge in [0.25, 0.3) is 0 Å². The highest BCUT2D eigenvalue weighted by Gasteiger charge is 2.14. The summed E-state index contributed by atoms with van der Waals surface area (Å²) in [6.45, 7) is 4.95. The van der Waals surface area contributed by atoms with Crippen molar-refractivity contribution >= 4 is 11.0 Å².